The molecule has 0 aromatic rings. The number of likely N-dealkylation sites (tertiary alicyclic amines) is 1. The number of carbonyl (C=O) groups is 1. The molecule has 1 saturated heterocycles. The molecular formula is C12H24N2O2S. The van der Waals surface area contributed by atoms with Gasteiger partial charge in [-0.25, -0.2) is 4.79 Å². The molecule has 0 radical (unpaired) electrons. The topological polar surface area (TPSA) is 41.6 Å². The van der Waals surface area contributed by atoms with Crippen LogP contribution in [0, 0.1) is 0 Å². The standard InChI is InChI=1S/C12H24N2O2S/c1-12(2,17-4)9-13-11(15)14-7-5-6-10(8-14)16-3/h10H,5-9H2,1-4H3,(H,13,15)/t10-/m0/s1. The van der Waals surface area contributed by atoms with Crippen LogP contribution < -0.4 is 5.32 Å². The highest BCUT2D eigenvalue weighted by molar-refractivity contribution is 7.99. The summed E-state index contributed by atoms with van der Waals surface area (Å²) in [7, 11) is 1.71. The van der Waals surface area contributed by atoms with Crippen LogP contribution in [-0.2, 0) is 4.74 Å². The van der Waals surface area contributed by atoms with Crippen LogP contribution in [-0.4, -0.2) is 54.8 Å². The molecule has 4 nitrogen and oxygen atoms in total. The van der Waals surface area contributed by atoms with Gasteiger partial charge in [0.05, 0.1) is 6.10 Å². The van der Waals surface area contributed by atoms with Crippen LogP contribution in [0.3, 0.4) is 0 Å². The number of urea groups is 1. The Morgan fingerprint density at radius 3 is 2.88 bits per heavy atom. The summed E-state index contributed by atoms with van der Waals surface area (Å²) in [6.07, 6.45) is 4.34. The Labute approximate surface area is 108 Å². The molecular weight excluding hydrogens is 236 g/mol. The van der Waals surface area contributed by atoms with E-state index >= 15 is 0 Å². The molecule has 0 aliphatic carbocycles. The Morgan fingerprint density at radius 1 is 1.59 bits per heavy atom. The second kappa shape index (κ2) is 6.50. The first-order chi connectivity index (χ1) is 7.98. The number of carbonyl (C=O) groups excluding carboxylic acids is 1. The molecule has 0 bridgehead atoms. The Bertz CT molecular complexity index is 259. The number of nitrogens with zero attached hydrogens (tertiary/aromatic N) is 1. The zero-order chi connectivity index (χ0) is 12.9. The third-order valence-electron chi connectivity index (χ3n) is 3.22. The molecule has 0 aromatic carbocycles. The predicted octanol–water partition coefficient (Wildman–Crippen LogP) is 1.95. The molecule has 1 heterocycles. The van der Waals surface area contributed by atoms with Gasteiger partial charge in [-0.2, -0.15) is 11.8 Å². The van der Waals surface area contributed by atoms with Gasteiger partial charge in [0.15, 0.2) is 0 Å². The van der Waals surface area contributed by atoms with Crippen molar-refractivity contribution in [2.75, 3.05) is 33.0 Å². The summed E-state index contributed by atoms with van der Waals surface area (Å²) in [5, 5.41) is 3.00. The van der Waals surface area contributed by atoms with Crippen molar-refractivity contribution in [1.82, 2.24) is 10.2 Å². The van der Waals surface area contributed by atoms with Gasteiger partial charge in [-0.3, -0.25) is 0 Å². The normalized spacial score (nSPS) is 21.4. The Hall–Kier alpha value is -0.420. The Balaban J connectivity index is 2.37. The SMILES string of the molecule is CO[C@H]1CCCN(C(=O)NCC(C)(C)SC)C1. The number of hydrogen-bond donors (Lipinski definition) is 1. The van der Waals surface area contributed by atoms with Crippen molar-refractivity contribution in [3.05, 3.63) is 0 Å². The van der Waals surface area contributed by atoms with E-state index in [0.29, 0.717) is 13.1 Å². The average Bonchev–Trinajstić information content (AvgIpc) is 2.36. The van der Waals surface area contributed by atoms with Crippen LogP contribution in [0.15, 0.2) is 0 Å². The van der Waals surface area contributed by atoms with Crippen LogP contribution in [0.2, 0.25) is 0 Å². The fourth-order valence-corrected chi connectivity index (χ4v) is 2.00. The van der Waals surface area contributed by atoms with Gasteiger partial charge in [0, 0.05) is 31.5 Å². The second-order valence-corrected chi connectivity index (χ2v) is 6.58. The average molecular weight is 260 g/mol. The molecule has 0 saturated carbocycles. The Morgan fingerprint density at radius 2 is 2.29 bits per heavy atom. The largest absolute Gasteiger partial charge is 0.380 e. The summed E-state index contributed by atoms with van der Waals surface area (Å²) in [4.78, 5) is 13.8. The quantitative estimate of drug-likeness (QED) is 0.840. The molecule has 100 valence electrons. The third-order valence-corrected chi connectivity index (χ3v) is 4.47. The summed E-state index contributed by atoms with van der Waals surface area (Å²) in [6, 6.07) is 0.0360. The highest BCUT2D eigenvalue weighted by atomic mass is 32.2. The van der Waals surface area contributed by atoms with Crippen molar-refractivity contribution in [3.63, 3.8) is 0 Å². The van der Waals surface area contributed by atoms with E-state index in [-0.39, 0.29) is 16.9 Å². The maximum absolute atomic E-state index is 12.0. The van der Waals surface area contributed by atoms with Gasteiger partial charge >= 0.3 is 6.03 Å². The summed E-state index contributed by atoms with van der Waals surface area (Å²) in [5.74, 6) is 0. The van der Waals surface area contributed by atoms with E-state index in [1.165, 1.54) is 0 Å². The number of hydrogen-bond acceptors (Lipinski definition) is 3. The van der Waals surface area contributed by atoms with Gasteiger partial charge in [0.2, 0.25) is 0 Å². The van der Waals surface area contributed by atoms with E-state index in [4.69, 9.17) is 4.74 Å². The van der Waals surface area contributed by atoms with E-state index < -0.39 is 0 Å². The number of rotatable bonds is 4. The molecule has 2 amide bonds. The molecule has 0 unspecified atom stereocenters. The molecule has 0 aromatic heterocycles. The van der Waals surface area contributed by atoms with Crippen LogP contribution in [0.1, 0.15) is 26.7 Å². The highest BCUT2D eigenvalue weighted by Gasteiger charge is 2.24. The van der Waals surface area contributed by atoms with E-state index in [1.54, 1.807) is 18.9 Å². The molecule has 1 aliphatic rings. The number of amides is 2. The van der Waals surface area contributed by atoms with Crippen LogP contribution >= 0.6 is 11.8 Å². The zero-order valence-corrected chi connectivity index (χ0v) is 12.1. The molecule has 1 aliphatic heterocycles. The number of piperidine rings is 1. The van der Waals surface area contributed by atoms with E-state index in [9.17, 15) is 4.79 Å². The van der Waals surface area contributed by atoms with E-state index in [2.05, 4.69) is 25.4 Å². The first-order valence-corrected chi connectivity index (χ1v) is 7.31. The molecule has 1 fully saturated rings. The lowest BCUT2D eigenvalue weighted by molar-refractivity contribution is 0.0434. The smallest absolute Gasteiger partial charge is 0.317 e. The van der Waals surface area contributed by atoms with Crippen molar-refractivity contribution < 1.29 is 9.53 Å². The van der Waals surface area contributed by atoms with Gasteiger partial charge in [0.25, 0.3) is 0 Å². The van der Waals surface area contributed by atoms with Gasteiger partial charge in [0.1, 0.15) is 0 Å². The monoisotopic (exact) mass is 260 g/mol. The fraction of sp³-hybridized carbons (Fsp3) is 0.917. The first-order valence-electron chi connectivity index (χ1n) is 6.09. The zero-order valence-electron chi connectivity index (χ0n) is 11.3. The lowest BCUT2D eigenvalue weighted by Crippen LogP contribution is -2.49. The summed E-state index contributed by atoms with van der Waals surface area (Å²) < 4.78 is 5.40. The lowest BCUT2D eigenvalue weighted by atomic mass is 10.1. The summed E-state index contributed by atoms with van der Waals surface area (Å²) >= 11 is 1.76. The van der Waals surface area contributed by atoms with Crippen molar-refractivity contribution in [2.45, 2.75) is 37.5 Å². The number of nitrogens with one attached hydrogen (secondary N) is 1. The number of methoxy groups -OCH3 is 1. The second-order valence-electron chi connectivity index (χ2n) is 5.07. The fourth-order valence-electron chi connectivity index (χ4n) is 1.79. The highest BCUT2D eigenvalue weighted by Crippen LogP contribution is 2.20. The molecule has 1 atom stereocenters. The lowest BCUT2D eigenvalue weighted by Gasteiger charge is -2.33. The molecule has 5 heteroatoms. The van der Waals surface area contributed by atoms with Crippen molar-refractivity contribution in [3.8, 4) is 0 Å². The van der Waals surface area contributed by atoms with E-state index in [1.807, 2.05) is 4.90 Å². The van der Waals surface area contributed by atoms with Crippen molar-refractivity contribution >= 4 is 17.8 Å². The van der Waals surface area contributed by atoms with Crippen LogP contribution in [0.25, 0.3) is 0 Å². The van der Waals surface area contributed by atoms with Gasteiger partial charge < -0.3 is 15.0 Å². The van der Waals surface area contributed by atoms with Crippen LogP contribution in [0.5, 0.6) is 0 Å². The summed E-state index contributed by atoms with van der Waals surface area (Å²) in [6.45, 7) is 6.51. The minimum atomic E-state index is 0.0360. The van der Waals surface area contributed by atoms with Gasteiger partial charge in [-0.1, -0.05) is 0 Å². The molecule has 0 spiro atoms. The first kappa shape index (κ1) is 14.6. The maximum Gasteiger partial charge on any atom is 0.317 e. The number of ether oxygens (including phenoxy) is 1. The molecule has 17 heavy (non-hydrogen) atoms. The minimum absolute atomic E-state index is 0.0360. The third kappa shape index (κ3) is 4.76. The van der Waals surface area contributed by atoms with E-state index in [0.717, 1.165) is 19.4 Å². The Kier molecular flexibility index (Phi) is 5.59. The predicted molar refractivity (Wildman–Crippen MR) is 72.6 cm³/mol. The number of thioether (sulfide) groups is 1. The van der Waals surface area contributed by atoms with Gasteiger partial charge in [-0.15, -0.1) is 0 Å². The van der Waals surface area contributed by atoms with Crippen molar-refractivity contribution in [2.24, 2.45) is 0 Å². The van der Waals surface area contributed by atoms with Gasteiger partial charge in [-0.05, 0) is 32.9 Å². The molecule has 1 rings (SSSR count). The summed E-state index contributed by atoms with van der Waals surface area (Å²) in [5.41, 5.74) is 0. The maximum atomic E-state index is 12.0. The van der Waals surface area contributed by atoms with Crippen molar-refractivity contribution in [1.29, 1.82) is 0 Å². The molecule has 1 N–H and O–H groups in total. The minimum Gasteiger partial charge on any atom is -0.380 e. The van der Waals surface area contributed by atoms with Crippen LogP contribution in [0.4, 0.5) is 4.79 Å².